The summed E-state index contributed by atoms with van der Waals surface area (Å²) in [5.41, 5.74) is 6.92. The summed E-state index contributed by atoms with van der Waals surface area (Å²) < 4.78 is 0. The largest absolute Gasteiger partial charge is 0.397 e. The lowest BCUT2D eigenvalue weighted by Gasteiger charge is -2.11. The molecule has 2 rings (SSSR count). The zero-order chi connectivity index (χ0) is 14.7. The first kappa shape index (κ1) is 14.8. The summed E-state index contributed by atoms with van der Waals surface area (Å²) >= 11 is 17.7. The number of nitrogens with two attached hydrogens (primary N) is 1. The minimum Gasteiger partial charge on any atom is -0.397 e. The molecule has 0 aromatic heterocycles. The molecule has 0 unspecified atom stereocenters. The van der Waals surface area contributed by atoms with Crippen molar-refractivity contribution in [1.82, 2.24) is 0 Å². The first-order chi connectivity index (χ1) is 9.45. The van der Waals surface area contributed by atoms with Crippen LogP contribution < -0.4 is 16.4 Å². The van der Waals surface area contributed by atoms with Crippen molar-refractivity contribution in [3.63, 3.8) is 0 Å². The van der Waals surface area contributed by atoms with Gasteiger partial charge in [0, 0.05) is 15.7 Å². The van der Waals surface area contributed by atoms with Gasteiger partial charge in [0.1, 0.15) is 0 Å². The second kappa shape index (κ2) is 6.22. The van der Waals surface area contributed by atoms with Crippen LogP contribution in [-0.4, -0.2) is 6.03 Å². The monoisotopic (exact) mass is 329 g/mol. The molecular formula is C13H10Cl3N3O. The molecule has 0 radical (unpaired) electrons. The molecule has 0 fully saturated rings. The third kappa shape index (κ3) is 3.70. The molecule has 104 valence electrons. The van der Waals surface area contributed by atoms with Crippen molar-refractivity contribution >= 4 is 57.9 Å². The molecule has 2 aromatic carbocycles. The van der Waals surface area contributed by atoms with Gasteiger partial charge in [-0.1, -0.05) is 40.9 Å². The Morgan fingerprint density at radius 1 is 1.00 bits per heavy atom. The quantitative estimate of drug-likeness (QED) is 0.687. The van der Waals surface area contributed by atoms with Gasteiger partial charge in [-0.2, -0.15) is 0 Å². The minimum absolute atomic E-state index is 0.347. The number of carbonyl (C=O) groups excluding carboxylic acids is 1. The maximum absolute atomic E-state index is 11.9. The number of para-hydroxylation sites is 1. The molecule has 7 heteroatoms. The lowest BCUT2D eigenvalue weighted by Crippen LogP contribution is -2.20. The van der Waals surface area contributed by atoms with E-state index in [1.165, 1.54) is 0 Å². The molecule has 0 heterocycles. The SMILES string of the molecule is Nc1cccc(Cl)c1NC(=O)Nc1cc(Cl)cc(Cl)c1. The predicted octanol–water partition coefficient (Wildman–Crippen LogP) is 4.87. The molecule has 0 spiro atoms. The Balaban J connectivity index is 2.13. The van der Waals surface area contributed by atoms with Crippen molar-refractivity contribution in [3.8, 4) is 0 Å². The topological polar surface area (TPSA) is 67.1 Å². The van der Waals surface area contributed by atoms with Crippen molar-refractivity contribution in [2.45, 2.75) is 0 Å². The number of nitrogens with one attached hydrogen (secondary N) is 2. The van der Waals surface area contributed by atoms with Gasteiger partial charge in [-0.15, -0.1) is 0 Å². The average Bonchev–Trinajstić information content (AvgIpc) is 2.32. The number of amides is 2. The maximum Gasteiger partial charge on any atom is 0.323 e. The van der Waals surface area contributed by atoms with Crippen LogP contribution in [-0.2, 0) is 0 Å². The van der Waals surface area contributed by atoms with Crippen molar-refractivity contribution in [3.05, 3.63) is 51.5 Å². The molecule has 0 bridgehead atoms. The van der Waals surface area contributed by atoms with E-state index in [-0.39, 0.29) is 0 Å². The molecule has 0 aliphatic heterocycles. The molecular weight excluding hydrogens is 321 g/mol. The Bertz CT molecular complexity index is 621. The second-order valence-electron chi connectivity index (χ2n) is 3.94. The number of nitrogen functional groups attached to an aromatic ring is 1. The van der Waals surface area contributed by atoms with Gasteiger partial charge < -0.3 is 16.4 Å². The van der Waals surface area contributed by atoms with Crippen LogP contribution in [0.15, 0.2) is 36.4 Å². The van der Waals surface area contributed by atoms with E-state index >= 15 is 0 Å². The summed E-state index contributed by atoms with van der Waals surface area (Å²) in [6.07, 6.45) is 0. The van der Waals surface area contributed by atoms with Crippen LogP contribution in [0.1, 0.15) is 0 Å². The fourth-order valence-corrected chi connectivity index (χ4v) is 2.33. The van der Waals surface area contributed by atoms with Crippen LogP contribution in [0.25, 0.3) is 0 Å². The summed E-state index contributed by atoms with van der Waals surface area (Å²) in [6, 6.07) is 9.17. The summed E-state index contributed by atoms with van der Waals surface area (Å²) in [4.78, 5) is 11.9. The van der Waals surface area contributed by atoms with Crippen LogP contribution in [0.4, 0.5) is 21.9 Å². The Hall–Kier alpha value is -1.62. The number of halogens is 3. The zero-order valence-corrected chi connectivity index (χ0v) is 12.4. The highest BCUT2D eigenvalue weighted by atomic mass is 35.5. The molecule has 2 amide bonds. The molecule has 4 N–H and O–H groups in total. The molecule has 4 nitrogen and oxygen atoms in total. The van der Waals surface area contributed by atoms with Crippen LogP contribution >= 0.6 is 34.8 Å². The van der Waals surface area contributed by atoms with Crippen LogP contribution in [0.3, 0.4) is 0 Å². The van der Waals surface area contributed by atoms with Gasteiger partial charge in [-0.05, 0) is 30.3 Å². The van der Waals surface area contributed by atoms with E-state index in [1.807, 2.05) is 0 Å². The Labute approximate surface area is 130 Å². The first-order valence-electron chi connectivity index (χ1n) is 5.54. The lowest BCUT2D eigenvalue weighted by atomic mass is 10.2. The highest BCUT2D eigenvalue weighted by Crippen LogP contribution is 2.28. The summed E-state index contributed by atoms with van der Waals surface area (Å²) in [5.74, 6) is 0. The van der Waals surface area contributed by atoms with Crippen LogP contribution in [0.2, 0.25) is 15.1 Å². The van der Waals surface area contributed by atoms with Gasteiger partial charge in [0.15, 0.2) is 0 Å². The third-order valence-corrected chi connectivity index (χ3v) is 3.16. The number of carbonyl (C=O) groups is 1. The number of hydrogen-bond acceptors (Lipinski definition) is 2. The van der Waals surface area contributed by atoms with E-state index in [4.69, 9.17) is 40.5 Å². The van der Waals surface area contributed by atoms with Gasteiger partial charge in [-0.3, -0.25) is 0 Å². The highest BCUT2D eigenvalue weighted by molar-refractivity contribution is 6.35. The fraction of sp³-hybridized carbons (Fsp3) is 0. The number of anilines is 3. The lowest BCUT2D eigenvalue weighted by molar-refractivity contribution is 0.262. The second-order valence-corrected chi connectivity index (χ2v) is 5.22. The molecule has 0 saturated heterocycles. The summed E-state index contributed by atoms with van der Waals surface area (Å²) in [7, 11) is 0. The smallest absolute Gasteiger partial charge is 0.323 e. The van der Waals surface area contributed by atoms with Gasteiger partial charge in [-0.25, -0.2) is 4.79 Å². The maximum atomic E-state index is 11.9. The number of benzene rings is 2. The average molecular weight is 331 g/mol. The normalized spacial score (nSPS) is 10.2. The fourth-order valence-electron chi connectivity index (χ4n) is 1.57. The van der Waals surface area contributed by atoms with Gasteiger partial charge in [0.2, 0.25) is 0 Å². The molecule has 0 saturated carbocycles. The van der Waals surface area contributed by atoms with Crippen LogP contribution in [0, 0.1) is 0 Å². The number of rotatable bonds is 2. The molecule has 0 atom stereocenters. The van der Waals surface area contributed by atoms with Crippen molar-refractivity contribution in [2.24, 2.45) is 0 Å². The van der Waals surface area contributed by atoms with E-state index in [0.717, 1.165) is 0 Å². The van der Waals surface area contributed by atoms with E-state index in [9.17, 15) is 4.79 Å². The standard InChI is InChI=1S/C13H10Cl3N3O/c14-7-4-8(15)6-9(5-7)18-13(20)19-12-10(16)2-1-3-11(12)17/h1-6H,17H2,(H2,18,19,20). The van der Waals surface area contributed by atoms with Gasteiger partial charge >= 0.3 is 6.03 Å². The molecule has 2 aromatic rings. The van der Waals surface area contributed by atoms with Crippen molar-refractivity contribution in [2.75, 3.05) is 16.4 Å². The predicted molar refractivity (Wildman–Crippen MR) is 85.0 cm³/mol. The first-order valence-corrected chi connectivity index (χ1v) is 6.67. The summed E-state index contributed by atoms with van der Waals surface area (Å²) in [6.45, 7) is 0. The van der Waals surface area contributed by atoms with Gasteiger partial charge in [0.05, 0.1) is 16.4 Å². The highest BCUT2D eigenvalue weighted by Gasteiger charge is 2.09. The number of urea groups is 1. The van der Waals surface area contributed by atoms with Crippen LogP contribution in [0.5, 0.6) is 0 Å². The zero-order valence-electron chi connectivity index (χ0n) is 10.1. The molecule has 0 aliphatic rings. The van der Waals surface area contributed by atoms with E-state index in [1.54, 1.807) is 36.4 Å². The Kier molecular flexibility index (Phi) is 4.60. The van der Waals surface area contributed by atoms with E-state index < -0.39 is 6.03 Å². The third-order valence-electron chi connectivity index (χ3n) is 2.40. The van der Waals surface area contributed by atoms with Gasteiger partial charge in [0.25, 0.3) is 0 Å². The minimum atomic E-state index is -0.497. The summed E-state index contributed by atoms with van der Waals surface area (Å²) in [5, 5.41) is 6.36. The Morgan fingerprint density at radius 3 is 2.25 bits per heavy atom. The molecule has 0 aliphatic carbocycles. The number of hydrogen-bond donors (Lipinski definition) is 3. The Morgan fingerprint density at radius 2 is 1.65 bits per heavy atom. The van der Waals surface area contributed by atoms with Crippen molar-refractivity contribution < 1.29 is 4.79 Å². The van der Waals surface area contributed by atoms with E-state index in [0.29, 0.717) is 32.1 Å². The van der Waals surface area contributed by atoms with E-state index in [2.05, 4.69) is 10.6 Å². The molecule has 20 heavy (non-hydrogen) atoms. The van der Waals surface area contributed by atoms with Crippen molar-refractivity contribution in [1.29, 1.82) is 0 Å².